The molecule has 3 N–H and O–H groups in total. The van der Waals surface area contributed by atoms with E-state index in [0.717, 1.165) is 23.7 Å². The highest BCUT2D eigenvalue weighted by atomic mass is 16.5. The van der Waals surface area contributed by atoms with E-state index in [0.29, 0.717) is 17.4 Å². The summed E-state index contributed by atoms with van der Waals surface area (Å²) in [6.45, 7) is 6.29. The van der Waals surface area contributed by atoms with Gasteiger partial charge in [-0.25, -0.2) is 0 Å². The van der Waals surface area contributed by atoms with E-state index in [1.165, 1.54) is 0 Å². The Hall–Kier alpha value is -2.08. The number of pyridine rings is 1. The predicted octanol–water partition coefficient (Wildman–Crippen LogP) is 2.49. The number of fused-ring (bicyclic) bond motifs is 3. The molecule has 3 aliphatic carbocycles. The molecule has 1 amide bonds. The molecule has 3 saturated carbocycles. The molecule has 2 aromatic heterocycles. The SMILES string of the molecule is COc1cncc2[nH]c(C(=O)N[C@H]3C[C@H]4C[C@H](C4(C)C)[C@@]3(C)O)cc12. The van der Waals surface area contributed by atoms with Gasteiger partial charge < -0.3 is 20.1 Å². The number of nitrogens with zero attached hydrogens (tertiary/aromatic N) is 1. The molecule has 6 nitrogen and oxygen atoms in total. The van der Waals surface area contributed by atoms with E-state index in [1.54, 1.807) is 25.6 Å². The highest BCUT2D eigenvalue weighted by Crippen LogP contribution is 2.62. The van der Waals surface area contributed by atoms with Crippen molar-refractivity contribution in [3.63, 3.8) is 0 Å². The van der Waals surface area contributed by atoms with Gasteiger partial charge in [-0.05, 0) is 43.1 Å². The number of aromatic amines is 1. The normalized spacial score (nSPS) is 32.9. The topological polar surface area (TPSA) is 87.2 Å². The number of carbonyl (C=O) groups is 1. The smallest absolute Gasteiger partial charge is 0.268 e. The maximum atomic E-state index is 12.7. The standard InChI is InChI=1S/C19H25N3O3/c1-18(2)10-5-15(18)19(3,24)16(6-10)22-17(23)12-7-11-13(21-12)8-20-9-14(11)25-4/h7-10,15-16,21,24H,5-6H2,1-4H3,(H,22,23)/t10-,15-,16+,19-/m1/s1. The largest absolute Gasteiger partial charge is 0.494 e. The van der Waals surface area contributed by atoms with E-state index in [4.69, 9.17) is 4.74 Å². The number of ether oxygens (including phenoxy) is 1. The van der Waals surface area contributed by atoms with Crippen molar-refractivity contribution in [2.45, 2.75) is 45.3 Å². The second-order valence-corrected chi connectivity index (χ2v) is 8.28. The lowest BCUT2D eigenvalue weighted by atomic mass is 9.43. The fourth-order valence-corrected chi connectivity index (χ4v) is 4.93. The average molecular weight is 343 g/mol. The molecule has 0 radical (unpaired) electrons. The van der Waals surface area contributed by atoms with Crippen LogP contribution in [-0.2, 0) is 0 Å². The van der Waals surface area contributed by atoms with E-state index in [1.807, 2.05) is 6.92 Å². The Morgan fingerprint density at radius 2 is 2.12 bits per heavy atom. The van der Waals surface area contributed by atoms with Crippen LogP contribution >= 0.6 is 0 Å². The van der Waals surface area contributed by atoms with Crippen LogP contribution in [0.2, 0.25) is 0 Å². The third-order valence-electron chi connectivity index (χ3n) is 6.68. The van der Waals surface area contributed by atoms with Gasteiger partial charge in [-0.2, -0.15) is 0 Å². The van der Waals surface area contributed by atoms with Gasteiger partial charge in [-0.3, -0.25) is 9.78 Å². The van der Waals surface area contributed by atoms with Crippen molar-refractivity contribution >= 4 is 16.8 Å². The third kappa shape index (κ3) is 2.27. The highest BCUT2D eigenvalue weighted by molar-refractivity contribution is 5.99. The fourth-order valence-electron chi connectivity index (χ4n) is 4.93. The molecule has 5 rings (SSSR count). The zero-order chi connectivity index (χ0) is 18.0. The van der Waals surface area contributed by atoms with Crippen LogP contribution in [0.5, 0.6) is 5.75 Å². The van der Waals surface area contributed by atoms with Crippen LogP contribution in [0, 0.1) is 17.3 Å². The van der Waals surface area contributed by atoms with Gasteiger partial charge in [0, 0.05) is 5.39 Å². The zero-order valence-electron chi connectivity index (χ0n) is 15.1. The minimum Gasteiger partial charge on any atom is -0.494 e. The van der Waals surface area contributed by atoms with Gasteiger partial charge in [-0.1, -0.05) is 13.8 Å². The van der Waals surface area contributed by atoms with Crippen LogP contribution in [0.15, 0.2) is 18.5 Å². The molecular weight excluding hydrogens is 318 g/mol. The number of carbonyl (C=O) groups excluding carboxylic acids is 1. The molecule has 4 atom stereocenters. The first-order valence-corrected chi connectivity index (χ1v) is 8.79. The zero-order valence-corrected chi connectivity index (χ0v) is 15.1. The van der Waals surface area contributed by atoms with Crippen LogP contribution in [0.1, 0.15) is 44.1 Å². The summed E-state index contributed by atoms with van der Waals surface area (Å²) in [5, 5.41) is 14.9. The van der Waals surface area contributed by atoms with Crippen LogP contribution < -0.4 is 10.1 Å². The first-order chi connectivity index (χ1) is 11.7. The minimum atomic E-state index is -0.890. The molecular formula is C19H25N3O3. The van der Waals surface area contributed by atoms with Crippen molar-refractivity contribution in [1.29, 1.82) is 0 Å². The van der Waals surface area contributed by atoms with Gasteiger partial charge in [0.1, 0.15) is 11.4 Å². The number of amides is 1. The van der Waals surface area contributed by atoms with Gasteiger partial charge in [-0.15, -0.1) is 0 Å². The molecule has 2 heterocycles. The Morgan fingerprint density at radius 3 is 2.76 bits per heavy atom. The number of rotatable bonds is 3. The van der Waals surface area contributed by atoms with Gasteiger partial charge in [0.05, 0.1) is 36.7 Å². The van der Waals surface area contributed by atoms with E-state index in [9.17, 15) is 9.90 Å². The molecule has 3 fully saturated rings. The first kappa shape index (κ1) is 16.4. The monoisotopic (exact) mass is 343 g/mol. The third-order valence-corrected chi connectivity index (χ3v) is 6.68. The molecule has 2 bridgehead atoms. The average Bonchev–Trinajstić information content (AvgIpc) is 2.99. The molecule has 0 aliphatic heterocycles. The number of hydrogen-bond acceptors (Lipinski definition) is 4. The number of hydrogen-bond donors (Lipinski definition) is 3. The Balaban J connectivity index is 1.57. The van der Waals surface area contributed by atoms with E-state index in [-0.39, 0.29) is 23.3 Å². The fraction of sp³-hybridized carbons (Fsp3) is 0.579. The maximum absolute atomic E-state index is 12.7. The molecule has 134 valence electrons. The molecule has 0 aromatic carbocycles. The molecule has 25 heavy (non-hydrogen) atoms. The van der Waals surface area contributed by atoms with Crippen molar-refractivity contribution in [2.75, 3.05) is 7.11 Å². The number of aromatic nitrogens is 2. The second kappa shape index (κ2) is 5.21. The van der Waals surface area contributed by atoms with E-state index >= 15 is 0 Å². The second-order valence-electron chi connectivity index (χ2n) is 8.28. The summed E-state index contributed by atoms with van der Waals surface area (Å²) in [5.74, 6) is 1.19. The Morgan fingerprint density at radius 1 is 1.36 bits per heavy atom. The molecule has 2 aromatic rings. The van der Waals surface area contributed by atoms with Crippen LogP contribution in [0.25, 0.3) is 10.9 Å². The molecule has 0 saturated heterocycles. The summed E-state index contributed by atoms with van der Waals surface area (Å²) in [4.78, 5) is 19.9. The number of aliphatic hydroxyl groups is 1. The minimum absolute atomic E-state index is 0.144. The van der Waals surface area contributed by atoms with E-state index in [2.05, 4.69) is 29.1 Å². The predicted molar refractivity (Wildman–Crippen MR) is 94.5 cm³/mol. The summed E-state index contributed by atoms with van der Waals surface area (Å²) >= 11 is 0. The van der Waals surface area contributed by atoms with Gasteiger partial charge >= 0.3 is 0 Å². The summed E-state index contributed by atoms with van der Waals surface area (Å²) in [5.41, 5.74) is 0.462. The summed E-state index contributed by atoms with van der Waals surface area (Å²) in [7, 11) is 1.58. The summed E-state index contributed by atoms with van der Waals surface area (Å²) in [6.07, 6.45) is 5.15. The summed E-state index contributed by atoms with van der Waals surface area (Å²) in [6, 6.07) is 1.54. The molecule has 3 aliphatic rings. The maximum Gasteiger partial charge on any atom is 0.268 e. The van der Waals surface area contributed by atoms with E-state index < -0.39 is 5.60 Å². The van der Waals surface area contributed by atoms with Gasteiger partial charge in [0.15, 0.2) is 0 Å². The van der Waals surface area contributed by atoms with Crippen molar-refractivity contribution in [3.8, 4) is 5.75 Å². The van der Waals surface area contributed by atoms with Crippen molar-refractivity contribution in [2.24, 2.45) is 17.3 Å². The van der Waals surface area contributed by atoms with Gasteiger partial charge in [0.2, 0.25) is 0 Å². The number of H-pyrrole nitrogens is 1. The lowest BCUT2D eigenvalue weighted by Gasteiger charge is -2.65. The lowest BCUT2D eigenvalue weighted by molar-refractivity contribution is -0.207. The number of methoxy groups -OCH3 is 1. The first-order valence-electron chi connectivity index (χ1n) is 8.79. The Kier molecular flexibility index (Phi) is 3.41. The highest BCUT2D eigenvalue weighted by Gasteiger charge is 2.63. The van der Waals surface area contributed by atoms with Crippen LogP contribution in [0.3, 0.4) is 0 Å². The molecule has 0 spiro atoms. The van der Waals surface area contributed by atoms with Gasteiger partial charge in [0.25, 0.3) is 5.91 Å². The Labute approximate surface area is 147 Å². The quantitative estimate of drug-likeness (QED) is 0.799. The Bertz CT molecular complexity index is 840. The van der Waals surface area contributed by atoms with Crippen molar-refractivity contribution in [3.05, 3.63) is 24.2 Å². The van der Waals surface area contributed by atoms with Crippen LogP contribution in [-0.4, -0.2) is 39.7 Å². The lowest BCUT2D eigenvalue weighted by Crippen LogP contribution is -2.70. The van der Waals surface area contributed by atoms with Crippen LogP contribution in [0.4, 0.5) is 0 Å². The van der Waals surface area contributed by atoms with Crippen molar-refractivity contribution < 1.29 is 14.6 Å². The molecule has 6 heteroatoms. The molecule has 0 unspecified atom stereocenters. The van der Waals surface area contributed by atoms with Crippen molar-refractivity contribution in [1.82, 2.24) is 15.3 Å². The number of nitrogens with one attached hydrogen (secondary N) is 2. The summed E-state index contributed by atoms with van der Waals surface area (Å²) < 4.78 is 5.29.